The van der Waals surface area contributed by atoms with Crippen molar-refractivity contribution in [3.63, 3.8) is 0 Å². The summed E-state index contributed by atoms with van der Waals surface area (Å²) in [4.78, 5) is 11.5. The molecule has 2 aromatic heterocycles. The molecule has 0 aliphatic carbocycles. The molecule has 2 aromatic rings. The summed E-state index contributed by atoms with van der Waals surface area (Å²) in [5.74, 6) is 0.528. The fraction of sp³-hybridized carbons (Fsp3) is 0.462. The van der Waals surface area contributed by atoms with Crippen molar-refractivity contribution in [1.82, 2.24) is 19.9 Å². The van der Waals surface area contributed by atoms with E-state index in [1.165, 1.54) is 13.5 Å². The lowest BCUT2D eigenvalue weighted by Gasteiger charge is -2.08. The van der Waals surface area contributed by atoms with E-state index in [-0.39, 0.29) is 5.97 Å². The van der Waals surface area contributed by atoms with Crippen LogP contribution in [0.3, 0.4) is 0 Å². The Balaban J connectivity index is 1.93. The van der Waals surface area contributed by atoms with Gasteiger partial charge in [0.15, 0.2) is 5.65 Å². The van der Waals surface area contributed by atoms with Crippen LogP contribution < -0.4 is 5.32 Å². The first-order valence-electron chi connectivity index (χ1n) is 6.43. The zero-order valence-electron chi connectivity index (χ0n) is 10.8. The molecule has 0 radical (unpaired) electrons. The fourth-order valence-electron chi connectivity index (χ4n) is 2.47. The molecule has 3 heterocycles. The highest BCUT2D eigenvalue weighted by Crippen LogP contribution is 2.13. The van der Waals surface area contributed by atoms with Crippen LogP contribution in [0.5, 0.6) is 0 Å². The van der Waals surface area contributed by atoms with Crippen LogP contribution in [0.4, 0.5) is 0 Å². The predicted molar refractivity (Wildman–Crippen MR) is 69.1 cm³/mol. The standard InChI is InChI=1S/C13H16N4O2/c1-19-13(18)9-4-5-11-15-16-12(17(11)8-9)7-10-3-2-6-14-10/h4-5,8,10,14H,2-3,6-7H2,1H3. The topological polar surface area (TPSA) is 68.5 Å². The molecule has 0 aromatic carbocycles. The van der Waals surface area contributed by atoms with Crippen LogP contribution in [-0.4, -0.2) is 40.3 Å². The largest absolute Gasteiger partial charge is 0.465 e. The van der Waals surface area contributed by atoms with Gasteiger partial charge in [0.05, 0.1) is 12.7 Å². The lowest BCUT2D eigenvalue weighted by atomic mass is 10.1. The number of ether oxygens (including phenoxy) is 1. The molecular formula is C13H16N4O2. The molecule has 1 saturated heterocycles. The number of carbonyl (C=O) groups is 1. The minimum Gasteiger partial charge on any atom is -0.465 e. The Hall–Kier alpha value is -1.95. The van der Waals surface area contributed by atoms with E-state index in [2.05, 4.69) is 15.5 Å². The number of fused-ring (bicyclic) bond motifs is 1. The number of pyridine rings is 1. The molecule has 1 unspecified atom stereocenters. The van der Waals surface area contributed by atoms with Crippen LogP contribution in [0.2, 0.25) is 0 Å². The Kier molecular flexibility index (Phi) is 3.16. The van der Waals surface area contributed by atoms with E-state index in [0.717, 1.165) is 30.9 Å². The van der Waals surface area contributed by atoms with E-state index in [1.54, 1.807) is 18.3 Å². The van der Waals surface area contributed by atoms with E-state index in [9.17, 15) is 4.79 Å². The first-order valence-corrected chi connectivity index (χ1v) is 6.43. The Morgan fingerprint density at radius 3 is 3.16 bits per heavy atom. The highest BCUT2D eigenvalue weighted by Gasteiger charge is 2.18. The first kappa shape index (κ1) is 12.1. The molecular weight excluding hydrogens is 244 g/mol. The van der Waals surface area contributed by atoms with Crippen molar-refractivity contribution in [2.45, 2.75) is 25.3 Å². The maximum atomic E-state index is 11.5. The van der Waals surface area contributed by atoms with E-state index in [0.29, 0.717) is 11.6 Å². The lowest BCUT2D eigenvalue weighted by Crippen LogP contribution is -2.24. The van der Waals surface area contributed by atoms with Gasteiger partial charge in [-0.05, 0) is 31.5 Å². The van der Waals surface area contributed by atoms with Gasteiger partial charge in [0.1, 0.15) is 5.82 Å². The van der Waals surface area contributed by atoms with Crippen LogP contribution in [-0.2, 0) is 11.2 Å². The minimum absolute atomic E-state index is 0.347. The maximum Gasteiger partial charge on any atom is 0.339 e. The zero-order valence-corrected chi connectivity index (χ0v) is 10.8. The van der Waals surface area contributed by atoms with Crippen molar-refractivity contribution < 1.29 is 9.53 Å². The number of carbonyl (C=O) groups excluding carboxylic acids is 1. The fourth-order valence-corrected chi connectivity index (χ4v) is 2.47. The molecule has 1 aliphatic heterocycles. The highest BCUT2D eigenvalue weighted by atomic mass is 16.5. The average molecular weight is 260 g/mol. The Morgan fingerprint density at radius 1 is 1.53 bits per heavy atom. The summed E-state index contributed by atoms with van der Waals surface area (Å²) in [6, 6.07) is 3.94. The summed E-state index contributed by atoms with van der Waals surface area (Å²) < 4.78 is 6.60. The van der Waals surface area contributed by atoms with Crippen molar-refractivity contribution in [3.05, 3.63) is 29.7 Å². The number of methoxy groups -OCH3 is 1. The van der Waals surface area contributed by atoms with Crippen molar-refractivity contribution in [3.8, 4) is 0 Å². The van der Waals surface area contributed by atoms with E-state index in [1.807, 2.05) is 4.40 Å². The molecule has 19 heavy (non-hydrogen) atoms. The van der Waals surface area contributed by atoms with Gasteiger partial charge in [-0.3, -0.25) is 4.40 Å². The Morgan fingerprint density at radius 2 is 2.42 bits per heavy atom. The van der Waals surface area contributed by atoms with Gasteiger partial charge < -0.3 is 10.1 Å². The third-order valence-electron chi connectivity index (χ3n) is 3.49. The number of hydrogen-bond acceptors (Lipinski definition) is 5. The molecule has 6 nitrogen and oxygen atoms in total. The van der Waals surface area contributed by atoms with Gasteiger partial charge in [-0.2, -0.15) is 0 Å². The predicted octanol–water partition coefficient (Wildman–Crippen LogP) is 0.810. The quantitative estimate of drug-likeness (QED) is 0.827. The molecule has 0 saturated carbocycles. The molecule has 1 fully saturated rings. The van der Waals surface area contributed by atoms with Crippen LogP contribution in [0.25, 0.3) is 5.65 Å². The van der Waals surface area contributed by atoms with Crippen molar-refractivity contribution in [2.24, 2.45) is 0 Å². The van der Waals surface area contributed by atoms with Gasteiger partial charge >= 0.3 is 5.97 Å². The van der Waals surface area contributed by atoms with Crippen LogP contribution in [0.1, 0.15) is 29.0 Å². The molecule has 6 heteroatoms. The minimum atomic E-state index is -0.347. The zero-order chi connectivity index (χ0) is 13.2. The van der Waals surface area contributed by atoms with Crippen LogP contribution in [0, 0.1) is 0 Å². The van der Waals surface area contributed by atoms with Gasteiger partial charge in [-0.1, -0.05) is 0 Å². The van der Waals surface area contributed by atoms with E-state index in [4.69, 9.17) is 4.74 Å². The van der Waals surface area contributed by atoms with E-state index < -0.39 is 0 Å². The van der Waals surface area contributed by atoms with Crippen molar-refractivity contribution >= 4 is 11.6 Å². The number of rotatable bonds is 3. The second-order valence-corrected chi connectivity index (χ2v) is 4.75. The highest BCUT2D eigenvalue weighted by molar-refractivity contribution is 5.89. The number of hydrogen-bond donors (Lipinski definition) is 1. The van der Waals surface area contributed by atoms with Gasteiger partial charge in [0.2, 0.25) is 0 Å². The molecule has 1 N–H and O–H groups in total. The Labute approximate surface area is 110 Å². The van der Waals surface area contributed by atoms with Gasteiger partial charge in [-0.15, -0.1) is 10.2 Å². The first-order chi connectivity index (χ1) is 9.28. The second-order valence-electron chi connectivity index (χ2n) is 4.75. The van der Waals surface area contributed by atoms with Gasteiger partial charge in [0.25, 0.3) is 0 Å². The summed E-state index contributed by atoms with van der Waals surface area (Å²) in [6.45, 7) is 1.06. The number of nitrogens with zero attached hydrogens (tertiary/aromatic N) is 3. The summed E-state index contributed by atoms with van der Waals surface area (Å²) in [6.07, 6.45) is 4.93. The third kappa shape index (κ3) is 2.31. The molecule has 0 bridgehead atoms. The monoisotopic (exact) mass is 260 g/mol. The number of esters is 1. The van der Waals surface area contributed by atoms with Crippen LogP contribution in [0.15, 0.2) is 18.3 Å². The van der Waals surface area contributed by atoms with E-state index >= 15 is 0 Å². The summed E-state index contributed by atoms with van der Waals surface area (Å²) in [5.41, 5.74) is 1.26. The number of aromatic nitrogens is 3. The lowest BCUT2D eigenvalue weighted by molar-refractivity contribution is 0.0600. The molecule has 100 valence electrons. The average Bonchev–Trinajstić information content (AvgIpc) is 3.08. The van der Waals surface area contributed by atoms with Crippen molar-refractivity contribution in [2.75, 3.05) is 13.7 Å². The smallest absolute Gasteiger partial charge is 0.339 e. The molecule has 3 rings (SSSR count). The van der Waals surface area contributed by atoms with Gasteiger partial charge in [-0.25, -0.2) is 4.79 Å². The summed E-state index contributed by atoms with van der Waals surface area (Å²) in [5, 5.41) is 11.8. The maximum absolute atomic E-state index is 11.5. The Bertz CT molecular complexity index is 602. The summed E-state index contributed by atoms with van der Waals surface area (Å²) >= 11 is 0. The van der Waals surface area contributed by atoms with Gasteiger partial charge in [0, 0.05) is 18.7 Å². The molecule has 0 amide bonds. The molecule has 1 aliphatic rings. The number of nitrogens with one attached hydrogen (secondary N) is 1. The molecule has 0 spiro atoms. The SMILES string of the molecule is COC(=O)c1ccc2nnc(CC3CCCN3)n2c1. The third-order valence-corrected chi connectivity index (χ3v) is 3.49. The normalized spacial score (nSPS) is 18.9. The molecule has 1 atom stereocenters. The van der Waals surface area contributed by atoms with Crippen molar-refractivity contribution in [1.29, 1.82) is 0 Å². The van der Waals surface area contributed by atoms with Crippen LogP contribution >= 0.6 is 0 Å². The summed E-state index contributed by atoms with van der Waals surface area (Å²) in [7, 11) is 1.38. The second kappa shape index (κ2) is 4.97.